The van der Waals surface area contributed by atoms with Crippen molar-refractivity contribution in [3.05, 3.63) is 95.2 Å². The van der Waals surface area contributed by atoms with E-state index in [2.05, 4.69) is 0 Å². The number of benzene rings is 2. The highest BCUT2D eigenvalue weighted by molar-refractivity contribution is 6.12. The maximum absolute atomic E-state index is 12.8. The Hall–Kier alpha value is -4.06. The third-order valence-electron chi connectivity index (χ3n) is 4.89. The SMILES string of the molecule is C[C@H]1Oc2ccccc2C=C1/C=C1\Oc2cc(OC(=O)c3ccco3)ccc2C1=O. The van der Waals surface area contributed by atoms with Gasteiger partial charge in [0.25, 0.3) is 0 Å². The summed E-state index contributed by atoms with van der Waals surface area (Å²) in [5.74, 6) is 0.815. The van der Waals surface area contributed by atoms with E-state index < -0.39 is 5.97 Å². The lowest BCUT2D eigenvalue weighted by molar-refractivity contribution is 0.0701. The van der Waals surface area contributed by atoms with Crippen LogP contribution in [0.4, 0.5) is 0 Å². The molecule has 1 aromatic heterocycles. The smallest absolute Gasteiger partial charge is 0.379 e. The minimum atomic E-state index is -0.628. The number of ether oxygens (including phenoxy) is 3. The van der Waals surface area contributed by atoms with E-state index in [1.165, 1.54) is 18.4 Å². The van der Waals surface area contributed by atoms with Crippen LogP contribution in [0.1, 0.15) is 33.4 Å². The molecule has 0 aliphatic carbocycles. The highest BCUT2D eigenvalue weighted by atomic mass is 16.5. The Balaban J connectivity index is 1.40. The lowest BCUT2D eigenvalue weighted by Gasteiger charge is -2.22. The van der Waals surface area contributed by atoms with Gasteiger partial charge in [-0.2, -0.15) is 0 Å². The molecular weight excluding hydrogens is 384 g/mol. The van der Waals surface area contributed by atoms with Crippen LogP contribution < -0.4 is 14.2 Å². The molecule has 6 nitrogen and oxygen atoms in total. The third-order valence-corrected chi connectivity index (χ3v) is 4.89. The Morgan fingerprint density at radius 3 is 2.77 bits per heavy atom. The topological polar surface area (TPSA) is 75.0 Å². The van der Waals surface area contributed by atoms with E-state index in [0.717, 1.165) is 16.9 Å². The average molecular weight is 400 g/mol. The van der Waals surface area contributed by atoms with Crippen LogP contribution in [0.2, 0.25) is 0 Å². The molecule has 0 spiro atoms. The molecule has 30 heavy (non-hydrogen) atoms. The zero-order chi connectivity index (χ0) is 20.7. The Kier molecular flexibility index (Phi) is 4.25. The van der Waals surface area contributed by atoms with Crippen molar-refractivity contribution in [2.45, 2.75) is 13.0 Å². The van der Waals surface area contributed by atoms with Crippen molar-refractivity contribution >= 4 is 17.8 Å². The highest BCUT2D eigenvalue weighted by Gasteiger charge is 2.29. The number of allylic oxidation sites excluding steroid dienone is 1. The fraction of sp³-hybridized carbons (Fsp3) is 0.0833. The molecule has 1 atom stereocenters. The van der Waals surface area contributed by atoms with Crippen LogP contribution >= 0.6 is 0 Å². The van der Waals surface area contributed by atoms with Crippen molar-refractivity contribution < 1.29 is 28.2 Å². The zero-order valence-electron chi connectivity index (χ0n) is 16.0. The molecule has 0 radical (unpaired) electrons. The number of carbonyl (C=O) groups excluding carboxylic acids is 2. The number of rotatable bonds is 3. The molecule has 3 aromatic rings. The molecule has 2 aliphatic heterocycles. The number of esters is 1. The molecule has 2 aliphatic rings. The fourth-order valence-electron chi connectivity index (χ4n) is 3.36. The molecule has 3 heterocycles. The molecule has 0 amide bonds. The van der Waals surface area contributed by atoms with Gasteiger partial charge in [-0.3, -0.25) is 4.79 Å². The van der Waals surface area contributed by atoms with E-state index in [9.17, 15) is 9.59 Å². The number of Topliss-reactive ketones (excluding diaryl/α,β-unsaturated/α-hetero) is 1. The predicted octanol–water partition coefficient (Wildman–Crippen LogP) is 4.82. The first-order chi connectivity index (χ1) is 14.6. The summed E-state index contributed by atoms with van der Waals surface area (Å²) in [6, 6.07) is 15.4. The van der Waals surface area contributed by atoms with Crippen LogP contribution in [0.25, 0.3) is 6.08 Å². The standard InChI is InChI=1S/C24H16O6/c1-14-16(11-15-5-2-3-6-19(15)28-14)12-22-23(25)18-9-8-17(13-21(18)30-22)29-24(26)20-7-4-10-27-20/h2-14H,1H3/b22-12-/t14-/m1/s1. The van der Waals surface area contributed by atoms with E-state index in [0.29, 0.717) is 11.3 Å². The minimum Gasteiger partial charge on any atom is -0.485 e. The number of para-hydroxylation sites is 1. The monoisotopic (exact) mass is 400 g/mol. The van der Waals surface area contributed by atoms with Crippen molar-refractivity contribution in [2.24, 2.45) is 0 Å². The Morgan fingerprint density at radius 2 is 1.93 bits per heavy atom. The number of furan rings is 1. The maximum Gasteiger partial charge on any atom is 0.379 e. The zero-order valence-corrected chi connectivity index (χ0v) is 16.0. The number of hydrogen-bond acceptors (Lipinski definition) is 6. The van der Waals surface area contributed by atoms with Crippen molar-refractivity contribution in [3.8, 4) is 17.2 Å². The van der Waals surface area contributed by atoms with Crippen molar-refractivity contribution in [1.82, 2.24) is 0 Å². The molecule has 0 saturated carbocycles. The first kappa shape index (κ1) is 18.0. The summed E-state index contributed by atoms with van der Waals surface area (Å²) in [5.41, 5.74) is 2.18. The van der Waals surface area contributed by atoms with Crippen molar-refractivity contribution in [2.75, 3.05) is 0 Å². The van der Waals surface area contributed by atoms with Gasteiger partial charge in [0.2, 0.25) is 11.5 Å². The summed E-state index contributed by atoms with van der Waals surface area (Å²) in [6.07, 6.45) is 4.84. The van der Waals surface area contributed by atoms with Gasteiger partial charge in [0.05, 0.1) is 11.8 Å². The van der Waals surface area contributed by atoms with Crippen LogP contribution in [-0.4, -0.2) is 17.9 Å². The lowest BCUT2D eigenvalue weighted by atomic mass is 10.0. The molecule has 0 bridgehead atoms. The summed E-state index contributed by atoms with van der Waals surface area (Å²) in [6.45, 7) is 1.91. The van der Waals surface area contributed by atoms with Crippen LogP contribution in [0.15, 0.2) is 82.7 Å². The Morgan fingerprint density at radius 1 is 1.07 bits per heavy atom. The van der Waals surface area contributed by atoms with Crippen LogP contribution in [-0.2, 0) is 0 Å². The van der Waals surface area contributed by atoms with Gasteiger partial charge in [-0.1, -0.05) is 18.2 Å². The van der Waals surface area contributed by atoms with Crippen molar-refractivity contribution in [3.63, 3.8) is 0 Å². The fourth-order valence-corrected chi connectivity index (χ4v) is 3.36. The van der Waals surface area contributed by atoms with Gasteiger partial charge < -0.3 is 18.6 Å². The first-order valence-corrected chi connectivity index (χ1v) is 9.40. The lowest BCUT2D eigenvalue weighted by Crippen LogP contribution is -2.18. The minimum absolute atomic E-state index is 0.0894. The average Bonchev–Trinajstić information content (AvgIpc) is 3.38. The molecule has 6 heteroatoms. The molecule has 0 fully saturated rings. The van der Waals surface area contributed by atoms with Crippen molar-refractivity contribution in [1.29, 1.82) is 0 Å². The second kappa shape index (κ2) is 7.08. The van der Waals surface area contributed by atoms with E-state index in [1.807, 2.05) is 37.3 Å². The summed E-state index contributed by atoms with van der Waals surface area (Å²) in [4.78, 5) is 24.8. The molecule has 5 rings (SSSR count). The number of fused-ring (bicyclic) bond motifs is 2. The normalized spacial score (nSPS) is 18.2. The second-order valence-corrected chi connectivity index (χ2v) is 6.91. The Labute approximate surface area is 172 Å². The van der Waals surface area contributed by atoms with Gasteiger partial charge in [0, 0.05) is 11.6 Å². The summed E-state index contributed by atoms with van der Waals surface area (Å²) in [5, 5.41) is 0. The molecular formula is C24H16O6. The summed E-state index contributed by atoms with van der Waals surface area (Å²) >= 11 is 0. The largest absolute Gasteiger partial charge is 0.485 e. The van der Waals surface area contributed by atoms with Gasteiger partial charge in [-0.15, -0.1) is 0 Å². The maximum atomic E-state index is 12.8. The van der Waals surface area contributed by atoms with Gasteiger partial charge in [0.1, 0.15) is 23.4 Å². The van der Waals surface area contributed by atoms with Crippen LogP contribution in [0, 0.1) is 0 Å². The number of ketones is 1. The number of hydrogen-bond donors (Lipinski definition) is 0. The quantitative estimate of drug-likeness (QED) is 0.356. The third kappa shape index (κ3) is 3.18. The molecule has 0 unspecified atom stereocenters. The highest BCUT2D eigenvalue weighted by Crippen LogP contribution is 2.36. The van der Waals surface area contributed by atoms with Gasteiger partial charge in [-0.05, 0) is 55.0 Å². The van der Waals surface area contributed by atoms with Gasteiger partial charge >= 0.3 is 5.97 Å². The molecule has 0 N–H and O–H groups in total. The second-order valence-electron chi connectivity index (χ2n) is 6.91. The molecule has 148 valence electrons. The van der Waals surface area contributed by atoms with E-state index >= 15 is 0 Å². The van der Waals surface area contributed by atoms with Gasteiger partial charge in [0.15, 0.2) is 5.76 Å². The van der Waals surface area contributed by atoms with Gasteiger partial charge in [-0.25, -0.2) is 4.79 Å². The first-order valence-electron chi connectivity index (χ1n) is 9.40. The number of carbonyl (C=O) groups is 2. The van der Waals surface area contributed by atoms with E-state index in [1.54, 1.807) is 24.3 Å². The molecule has 0 saturated heterocycles. The van der Waals surface area contributed by atoms with Crippen LogP contribution in [0.3, 0.4) is 0 Å². The summed E-state index contributed by atoms with van der Waals surface area (Å²) < 4.78 is 22.0. The molecule has 2 aromatic carbocycles. The predicted molar refractivity (Wildman–Crippen MR) is 108 cm³/mol. The van der Waals surface area contributed by atoms with E-state index in [4.69, 9.17) is 18.6 Å². The summed E-state index contributed by atoms with van der Waals surface area (Å²) in [7, 11) is 0. The van der Waals surface area contributed by atoms with Crippen LogP contribution in [0.5, 0.6) is 17.2 Å². The van der Waals surface area contributed by atoms with E-state index in [-0.39, 0.29) is 29.2 Å². The Bertz CT molecular complexity index is 1220.